The van der Waals surface area contributed by atoms with Crippen molar-refractivity contribution in [2.24, 2.45) is 0 Å². The molecular formula is C15H12N2O4S. The van der Waals surface area contributed by atoms with Crippen molar-refractivity contribution in [3.63, 3.8) is 0 Å². The molecule has 112 valence electrons. The number of hydrogen-bond donors (Lipinski definition) is 1. The molecule has 2 aromatic rings. The van der Waals surface area contributed by atoms with Crippen LogP contribution in [0.2, 0.25) is 0 Å². The monoisotopic (exact) mass is 316 g/mol. The van der Waals surface area contributed by atoms with Gasteiger partial charge in [0.25, 0.3) is 10.0 Å². The molecule has 0 saturated carbocycles. The lowest BCUT2D eigenvalue weighted by molar-refractivity contribution is 0.0696. The standard InChI is InChI=1S/C15H12N2O4S/c1-17(13-4-2-3-11(9-13)10-16)22(20,21)14-7-5-12(6-8-14)15(18)19/h2-9H,1H3,(H,18,19). The summed E-state index contributed by atoms with van der Waals surface area (Å²) in [6, 6.07) is 13.1. The largest absolute Gasteiger partial charge is 0.478 e. The molecule has 0 heterocycles. The van der Waals surface area contributed by atoms with Crippen LogP contribution in [-0.4, -0.2) is 26.5 Å². The highest BCUT2D eigenvalue weighted by Gasteiger charge is 2.21. The summed E-state index contributed by atoms with van der Waals surface area (Å²) < 4.78 is 26.1. The summed E-state index contributed by atoms with van der Waals surface area (Å²) in [5, 5.41) is 17.7. The minimum Gasteiger partial charge on any atom is -0.478 e. The first-order chi connectivity index (χ1) is 10.4. The molecule has 2 aromatic carbocycles. The Balaban J connectivity index is 2.40. The lowest BCUT2D eigenvalue weighted by atomic mass is 10.2. The average molecular weight is 316 g/mol. The van der Waals surface area contributed by atoms with Crippen molar-refractivity contribution in [3.05, 3.63) is 59.7 Å². The lowest BCUT2D eigenvalue weighted by Gasteiger charge is -2.19. The molecule has 0 aliphatic heterocycles. The topological polar surface area (TPSA) is 98.5 Å². The minimum atomic E-state index is -3.83. The highest BCUT2D eigenvalue weighted by atomic mass is 32.2. The van der Waals surface area contributed by atoms with Gasteiger partial charge in [0.2, 0.25) is 0 Å². The molecule has 0 bridgehead atoms. The zero-order valence-electron chi connectivity index (χ0n) is 11.6. The molecule has 0 radical (unpaired) electrons. The SMILES string of the molecule is CN(c1cccc(C#N)c1)S(=O)(=O)c1ccc(C(=O)O)cc1. The van der Waals surface area contributed by atoms with Crippen LogP contribution in [0.5, 0.6) is 0 Å². The van der Waals surface area contributed by atoms with Gasteiger partial charge in [-0.2, -0.15) is 5.26 Å². The van der Waals surface area contributed by atoms with Gasteiger partial charge in [0, 0.05) is 7.05 Å². The van der Waals surface area contributed by atoms with Gasteiger partial charge in [-0.15, -0.1) is 0 Å². The van der Waals surface area contributed by atoms with Gasteiger partial charge in [-0.05, 0) is 42.5 Å². The van der Waals surface area contributed by atoms with Crippen LogP contribution in [0.4, 0.5) is 5.69 Å². The minimum absolute atomic E-state index is 0.00748. The second kappa shape index (κ2) is 5.87. The van der Waals surface area contributed by atoms with Crippen molar-refractivity contribution in [2.75, 3.05) is 11.4 Å². The maximum Gasteiger partial charge on any atom is 0.335 e. The van der Waals surface area contributed by atoms with Gasteiger partial charge in [-0.1, -0.05) is 6.07 Å². The molecule has 7 heteroatoms. The number of carboxylic acid groups (broad SMARTS) is 1. The third-order valence-corrected chi connectivity index (χ3v) is 4.90. The third-order valence-electron chi connectivity index (χ3n) is 3.10. The number of rotatable bonds is 4. The van der Waals surface area contributed by atoms with E-state index in [0.717, 1.165) is 4.31 Å². The molecule has 0 aliphatic carbocycles. The maximum atomic E-state index is 12.5. The van der Waals surface area contributed by atoms with Gasteiger partial charge in [0.15, 0.2) is 0 Å². The summed E-state index contributed by atoms with van der Waals surface area (Å²) in [6.07, 6.45) is 0. The highest BCUT2D eigenvalue weighted by Crippen LogP contribution is 2.23. The molecule has 2 rings (SSSR count). The van der Waals surface area contributed by atoms with Gasteiger partial charge >= 0.3 is 5.97 Å². The van der Waals surface area contributed by atoms with Crippen molar-refractivity contribution in [3.8, 4) is 6.07 Å². The molecule has 0 aromatic heterocycles. The Morgan fingerprint density at radius 1 is 1.18 bits per heavy atom. The van der Waals surface area contributed by atoms with Crippen molar-refractivity contribution in [1.82, 2.24) is 0 Å². The summed E-state index contributed by atoms with van der Waals surface area (Å²) >= 11 is 0. The Bertz CT molecular complexity index is 852. The molecule has 0 aliphatic rings. The van der Waals surface area contributed by atoms with Gasteiger partial charge in [0.05, 0.1) is 27.8 Å². The first kappa shape index (κ1) is 15.5. The van der Waals surface area contributed by atoms with Crippen molar-refractivity contribution in [2.45, 2.75) is 4.90 Å². The lowest BCUT2D eigenvalue weighted by Crippen LogP contribution is -2.26. The number of benzene rings is 2. The van der Waals surface area contributed by atoms with Crippen LogP contribution in [0.15, 0.2) is 53.4 Å². The van der Waals surface area contributed by atoms with Crippen LogP contribution >= 0.6 is 0 Å². The third kappa shape index (κ3) is 2.92. The first-order valence-electron chi connectivity index (χ1n) is 6.18. The second-order valence-corrected chi connectivity index (χ2v) is 6.43. The Kier molecular flexibility index (Phi) is 4.15. The number of aromatic carboxylic acids is 1. The van der Waals surface area contributed by atoms with Gasteiger partial charge in [-0.3, -0.25) is 4.31 Å². The van der Waals surface area contributed by atoms with E-state index >= 15 is 0 Å². The number of anilines is 1. The van der Waals surface area contributed by atoms with E-state index in [1.165, 1.54) is 37.4 Å². The molecule has 6 nitrogen and oxygen atoms in total. The molecule has 0 fully saturated rings. The number of nitriles is 1. The van der Waals surface area contributed by atoms with E-state index in [1.807, 2.05) is 6.07 Å². The number of carboxylic acids is 1. The van der Waals surface area contributed by atoms with Crippen LogP contribution in [-0.2, 0) is 10.0 Å². The molecule has 0 unspecified atom stereocenters. The van der Waals surface area contributed by atoms with Crippen LogP contribution in [0.3, 0.4) is 0 Å². The smallest absolute Gasteiger partial charge is 0.335 e. The van der Waals surface area contributed by atoms with E-state index in [1.54, 1.807) is 18.2 Å². The average Bonchev–Trinajstić information content (AvgIpc) is 2.54. The summed E-state index contributed by atoms with van der Waals surface area (Å²) in [6.45, 7) is 0. The van der Waals surface area contributed by atoms with Crippen LogP contribution in [0.1, 0.15) is 15.9 Å². The molecule has 0 spiro atoms. The van der Waals surface area contributed by atoms with Crippen molar-refractivity contribution < 1.29 is 18.3 Å². The zero-order valence-corrected chi connectivity index (χ0v) is 12.4. The Morgan fingerprint density at radius 3 is 2.36 bits per heavy atom. The summed E-state index contributed by atoms with van der Waals surface area (Å²) in [7, 11) is -2.46. The molecular weight excluding hydrogens is 304 g/mol. The van der Waals surface area contributed by atoms with Gasteiger partial charge < -0.3 is 5.11 Å². The fourth-order valence-electron chi connectivity index (χ4n) is 1.84. The fraction of sp³-hybridized carbons (Fsp3) is 0.0667. The number of nitrogens with zero attached hydrogens (tertiary/aromatic N) is 2. The van der Waals surface area contributed by atoms with E-state index < -0.39 is 16.0 Å². The Labute approximate surface area is 127 Å². The zero-order chi connectivity index (χ0) is 16.3. The number of hydrogen-bond acceptors (Lipinski definition) is 4. The number of carbonyl (C=O) groups is 1. The van der Waals surface area contributed by atoms with Crippen molar-refractivity contribution >= 4 is 21.7 Å². The maximum absolute atomic E-state index is 12.5. The van der Waals surface area contributed by atoms with Crippen LogP contribution in [0, 0.1) is 11.3 Å². The normalized spacial score (nSPS) is 10.7. The van der Waals surface area contributed by atoms with Crippen molar-refractivity contribution in [1.29, 1.82) is 5.26 Å². The highest BCUT2D eigenvalue weighted by molar-refractivity contribution is 7.92. The predicted octanol–water partition coefficient (Wildman–Crippen LogP) is 2.08. The van der Waals surface area contributed by atoms with E-state index in [0.29, 0.717) is 11.3 Å². The van der Waals surface area contributed by atoms with Crippen LogP contribution < -0.4 is 4.31 Å². The van der Waals surface area contributed by atoms with E-state index in [9.17, 15) is 13.2 Å². The first-order valence-corrected chi connectivity index (χ1v) is 7.62. The van der Waals surface area contributed by atoms with E-state index in [4.69, 9.17) is 10.4 Å². The van der Waals surface area contributed by atoms with E-state index in [-0.39, 0.29) is 10.5 Å². The second-order valence-electron chi connectivity index (χ2n) is 4.46. The van der Waals surface area contributed by atoms with E-state index in [2.05, 4.69) is 0 Å². The molecule has 0 amide bonds. The Hall–Kier alpha value is -2.85. The summed E-state index contributed by atoms with van der Waals surface area (Å²) in [5.41, 5.74) is 0.704. The van der Waals surface area contributed by atoms with Gasteiger partial charge in [-0.25, -0.2) is 13.2 Å². The summed E-state index contributed by atoms with van der Waals surface area (Å²) in [4.78, 5) is 10.8. The fourth-order valence-corrected chi connectivity index (χ4v) is 3.03. The van der Waals surface area contributed by atoms with Crippen LogP contribution in [0.25, 0.3) is 0 Å². The molecule has 1 N–H and O–H groups in total. The predicted molar refractivity (Wildman–Crippen MR) is 80.1 cm³/mol. The summed E-state index contributed by atoms with van der Waals surface area (Å²) in [5.74, 6) is -1.13. The molecule has 0 atom stereocenters. The van der Waals surface area contributed by atoms with Gasteiger partial charge in [0.1, 0.15) is 0 Å². The quantitative estimate of drug-likeness (QED) is 0.931. The molecule has 22 heavy (non-hydrogen) atoms. The number of sulfonamides is 1. The Morgan fingerprint density at radius 2 is 1.82 bits per heavy atom. The molecule has 0 saturated heterocycles.